The molecular formula is C24H30N2O2. The van der Waals surface area contributed by atoms with E-state index in [1.54, 1.807) is 0 Å². The molecule has 1 aliphatic carbocycles. The topological polar surface area (TPSA) is 43.8 Å². The molecule has 0 unspecified atom stereocenters. The van der Waals surface area contributed by atoms with Gasteiger partial charge < -0.3 is 10.0 Å². The monoisotopic (exact) mass is 378 g/mol. The average Bonchev–Trinajstić information content (AvgIpc) is 3.14. The maximum atomic E-state index is 13.8. The molecule has 148 valence electrons. The number of carbonyl (C=O) groups is 1. The van der Waals surface area contributed by atoms with Gasteiger partial charge in [0.15, 0.2) is 0 Å². The molecule has 2 aliphatic rings. The van der Waals surface area contributed by atoms with Crippen LogP contribution in [-0.4, -0.2) is 59.1 Å². The Morgan fingerprint density at radius 1 is 1.04 bits per heavy atom. The number of likely N-dealkylation sites (tertiary alicyclic amines) is 1. The quantitative estimate of drug-likeness (QED) is 0.870. The van der Waals surface area contributed by atoms with Crippen molar-refractivity contribution >= 4 is 5.91 Å². The highest BCUT2D eigenvalue weighted by molar-refractivity contribution is 5.88. The van der Waals surface area contributed by atoms with Gasteiger partial charge in [-0.25, -0.2) is 0 Å². The van der Waals surface area contributed by atoms with E-state index < -0.39 is 5.54 Å². The number of likely N-dealkylation sites (N-methyl/N-ethyl adjacent to an activating group) is 1. The van der Waals surface area contributed by atoms with Gasteiger partial charge in [0.2, 0.25) is 5.91 Å². The molecule has 0 radical (unpaired) electrons. The minimum absolute atomic E-state index is 0.228. The zero-order chi connectivity index (χ0) is 19.6. The van der Waals surface area contributed by atoms with Crippen molar-refractivity contribution in [2.75, 3.05) is 26.7 Å². The van der Waals surface area contributed by atoms with Crippen LogP contribution in [0.3, 0.4) is 0 Å². The lowest BCUT2D eigenvalue weighted by Crippen LogP contribution is -2.61. The maximum absolute atomic E-state index is 13.8. The standard InChI is InChI=1S/C24H30N2O2/c1-25(14-11-19-7-3-2-4-8-19)24(17-20-9-5-6-10-21(20)18-24)23(28)26-15-12-22(27)13-16-26/h2-10,22,27H,11-18H2,1H3. The molecular weight excluding hydrogens is 348 g/mol. The molecule has 1 N–H and O–H groups in total. The highest BCUT2D eigenvalue weighted by Crippen LogP contribution is 2.36. The molecule has 4 rings (SSSR count). The normalized spacial score (nSPS) is 19.0. The number of carbonyl (C=O) groups excluding carboxylic acids is 1. The van der Waals surface area contributed by atoms with E-state index in [1.165, 1.54) is 16.7 Å². The predicted molar refractivity (Wildman–Crippen MR) is 111 cm³/mol. The second-order valence-corrected chi connectivity index (χ2v) is 8.33. The van der Waals surface area contributed by atoms with Crippen molar-refractivity contribution in [2.45, 2.75) is 43.7 Å². The smallest absolute Gasteiger partial charge is 0.243 e. The van der Waals surface area contributed by atoms with E-state index >= 15 is 0 Å². The van der Waals surface area contributed by atoms with E-state index in [0.29, 0.717) is 25.9 Å². The van der Waals surface area contributed by atoms with Crippen LogP contribution >= 0.6 is 0 Å². The first-order valence-corrected chi connectivity index (χ1v) is 10.4. The Bertz CT molecular complexity index is 787. The SMILES string of the molecule is CN(CCc1ccccc1)C1(C(=O)N2CCC(O)CC2)Cc2ccccc2C1. The van der Waals surface area contributed by atoms with Crippen LogP contribution in [0.1, 0.15) is 29.5 Å². The Labute approximate surface area is 167 Å². The lowest BCUT2D eigenvalue weighted by Gasteiger charge is -2.42. The zero-order valence-corrected chi connectivity index (χ0v) is 16.7. The molecule has 0 atom stereocenters. The molecule has 0 bridgehead atoms. The van der Waals surface area contributed by atoms with Crippen LogP contribution in [0.2, 0.25) is 0 Å². The first-order valence-electron chi connectivity index (χ1n) is 10.4. The molecule has 1 fully saturated rings. The summed E-state index contributed by atoms with van der Waals surface area (Å²) < 4.78 is 0. The van der Waals surface area contributed by atoms with Crippen molar-refractivity contribution in [3.05, 3.63) is 71.3 Å². The first kappa shape index (κ1) is 19.2. The van der Waals surface area contributed by atoms with Crippen LogP contribution < -0.4 is 0 Å². The number of aliphatic hydroxyl groups excluding tert-OH is 1. The summed E-state index contributed by atoms with van der Waals surface area (Å²) in [5.41, 5.74) is 3.37. The molecule has 1 aliphatic heterocycles. The first-order chi connectivity index (χ1) is 13.6. The van der Waals surface area contributed by atoms with Gasteiger partial charge in [-0.1, -0.05) is 54.6 Å². The molecule has 0 spiro atoms. The summed E-state index contributed by atoms with van der Waals surface area (Å²) in [6, 6.07) is 18.9. The fourth-order valence-electron chi connectivity index (χ4n) is 4.70. The number of rotatable bonds is 5. The summed E-state index contributed by atoms with van der Waals surface area (Å²) in [5, 5.41) is 9.85. The number of hydrogen-bond donors (Lipinski definition) is 1. The molecule has 0 aromatic heterocycles. The fraction of sp³-hybridized carbons (Fsp3) is 0.458. The van der Waals surface area contributed by atoms with Crippen molar-refractivity contribution < 1.29 is 9.90 Å². The van der Waals surface area contributed by atoms with Crippen LogP contribution in [-0.2, 0) is 24.1 Å². The van der Waals surface area contributed by atoms with Crippen LogP contribution in [0.25, 0.3) is 0 Å². The average molecular weight is 379 g/mol. The molecule has 2 aromatic carbocycles. The minimum Gasteiger partial charge on any atom is -0.393 e. The molecule has 4 nitrogen and oxygen atoms in total. The number of amides is 1. The van der Waals surface area contributed by atoms with E-state index in [9.17, 15) is 9.90 Å². The highest BCUT2D eigenvalue weighted by Gasteiger charge is 2.49. The largest absolute Gasteiger partial charge is 0.393 e. The third-order valence-electron chi connectivity index (χ3n) is 6.54. The van der Waals surface area contributed by atoms with Crippen molar-refractivity contribution in [1.29, 1.82) is 0 Å². The van der Waals surface area contributed by atoms with Gasteiger partial charge in [0.25, 0.3) is 0 Å². The van der Waals surface area contributed by atoms with Crippen molar-refractivity contribution in [3.8, 4) is 0 Å². The van der Waals surface area contributed by atoms with Crippen molar-refractivity contribution in [2.24, 2.45) is 0 Å². The van der Waals surface area contributed by atoms with E-state index in [0.717, 1.165) is 25.8 Å². The van der Waals surface area contributed by atoms with Gasteiger partial charge in [-0.15, -0.1) is 0 Å². The van der Waals surface area contributed by atoms with Gasteiger partial charge in [0, 0.05) is 32.5 Å². The summed E-state index contributed by atoms with van der Waals surface area (Å²) in [7, 11) is 2.10. The second-order valence-electron chi connectivity index (χ2n) is 8.33. The third-order valence-corrected chi connectivity index (χ3v) is 6.54. The summed E-state index contributed by atoms with van der Waals surface area (Å²) >= 11 is 0. The highest BCUT2D eigenvalue weighted by atomic mass is 16.3. The van der Waals surface area contributed by atoms with Crippen molar-refractivity contribution in [1.82, 2.24) is 9.80 Å². The third kappa shape index (κ3) is 3.71. The van der Waals surface area contributed by atoms with E-state index in [4.69, 9.17) is 0 Å². The van der Waals surface area contributed by atoms with Gasteiger partial charge in [0.1, 0.15) is 5.54 Å². The van der Waals surface area contributed by atoms with Gasteiger partial charge in [-0.05, 0) is 43.0 Å². The van der Waals surface area contributed by atoms with Gasteiger partial charge >= 0.3 is 0 Å². The number of benzene rings is 2. The number of aliphatic hydroxyl groups is 1. The number of fused-ring (bicyclic) bond motifs is 1. The van der Waals surface area contributed by atoms with E-state index in [-0.39, 0.29) is 12.0 Å². The lowest BCUT2D eigenvalue weighted by molar-refractivity contribution is -0.145. The van der Waals surface area contributed by atoms with E-state index in [1.807, 2.05) is 11.0 Å². The van der Waals surface area contributed by atoms with Gasteiger partial charge in [-0.2, -0.15) is 0 Å². The number of nitrogens with zero attached hydrogens (tertiary/aromatic N) is 2. The molecule has 28 heavy (non-hydrogen) atoms. The summed E-state index contributed by atoms with van der Waals surface area (Å²) in [4.78, 5) is 18.0. The Morgan fingerprint density at radius 3 is 2.21 bits per heavy atom. The summed E-state index contributed by atoms with van der Waals surface area (Å²) in [6.45, 7) is 2.16. The molecule has 1 amide bonds. The molecule has 1 heterocycles. The molecule has 4 heteroatoms. The maximum Gasteiger partial charge on any atom is 0.243 e. The Morgan fingerprint density at radius 2 is 1.61 bits per heavy atom. The minimum atomic E-state index is -0.513. The number of hydrogen-bond acceptors (Lipinski definition) is 3. The summed E-state index contributed by atoms with van der Waals surface area (Å²) in [6.07, 6.45) is 3.57. The second kappa shape index (κ2) is 8.06. The Hall–Kier alpha value is -2.17. The van der Waals surface area contributed by atoms with Crippen LogP contribution in [0.4, 0.5) is 0 Å². The molecule has 0 saturated carbocycles. The van der Waals surface area contributed by atoms with Crippen LogP contribution in [0.15, 0.2) is 54.6 Å². The Kier molecular flexibility index (Phi) is 5.51. The van der Waals surface area contributed by atoms with Gasteiger partial charge in [0.05, 0.1) is 6.10 Å². The summed E-state index contributed by atoms with van der Waals surface area (Å²) in [5.74, 6) is 0.228. The molecule has 1 saturated heterocycles. The van der Waals surface area contributed by atoms with Gasteiger partial charge in [-0.3, -0.25) is 9.69 Å². The molecule has 2 aromatic rings. The fourth-order valence-corrected chi connectivity index (χ4v) is 4.70. The van der Waals surface area contributed by atoms with Crippen LogP contribution in [0.5, 0.6) is 0 Å². The van der Waals surface area contributed by atoms with Crippen LogP contribution in [0, 0.1) is 0 Å². The van der Waals surface area contributed by atoms with E-state index in [2.05, 4.69) is 60.5 Å². The Balaban J connectivity index is 1.56. The predicted octanol–water partition coefficient (Wildman–Crippen LogP) is 2.68. The number of piperidine rings is 1. The lowest BCUT2D eigenvalue weighted by atomic mass is 9.90. The van der Waals surface area contributed by atoms with Crippen molar-refractivity contribution in [3.63, 3.8) is 0 Å². The zero-order valence-electron chi connectivity index (χ0n) is 16.7.